The largest absolute Gasteiger partial charge is 0.433 e. The molecular weight excluding hydrogens is 352 g/mol. The van der Waals surface area contributed by atoms with Crippen molar-refractivity contribution >= 4 is 34.1 Å². The van der Waals surface area contributed by atoms with E-state index in [0.29, 0.717) is 11.3 Å². The Morgan fingerprint density at radius 2 is 1.88 bits per heavy atom. The Hall–Kier alpha value is -2.98. The Morgan fingerprint density at radius 1 is 1.20 bits per heavy atom. The quantitative estimate of drug-likeness (QED) is 0.434. The van der Waals surface area contributed by atoms with Crippen LogP contribution in [-0.2, 0) is 10.1 Å². The van der Waals surface area contributed by atoms with Crippen molar-refractivity contribution < 1.29 is 27.1 Å². The molecule has 0 aliphatic heterocycles. The molecule has 1 aromatic carbocycles. The van der Waals surface area contributed by atoms with Crippen LogP contribution in [0.2, 0.25) is 0 Å². The normalized spacial score (nSPS) is 11.6. The van der Waals surface area contributed by atoms with Crippen molar-refractivity contribution in [3.8, 4) is 0 Å². The zero-order chi connectivity index (χ0) is 18.4. The van der Waals surface area contributed by atoms with Crippen LogP contribution in [-0.4, -0.2) is 36.1 Å². The first-order valence-corrected chi connectivity index (χ1v) is 8.61. The number of nitro groups is 1. The molecular formula is C15H14N2O7S. The number of furan rings is 1. The van der Waals surface area contributed by atoms with Crippen LogP contribution in [0.25, 0.3) is 12.2 Å². The van der Waals surface area contributed by atoms with Crippen molar-refractivity contribution in [1.82, 2.24) is 5.32 Å². The number of benzene rings is 1. The van der Waals surface area contributed by atoms with Crippen molar-refractivity contribution in [3.05, 3.63) is 63.4 Å². The van der Waals surface area contributed by atoms with E-state index in [1.165, 1.54) is 24.3 Å². The molecule has 0 radical (unpaired) electrons. The average Bonchev–Trinajstić information content (AvgIpc) is 3.01. The van der Waals surface area contributed by atoms with E-state index in [4.69, 9.17) is 8.97 Å². The zero-order valence-corrected chi connectivity index (χ0v) is 13.6. The Bertz CT molecular complexity index is 898. The first-order valence-electron chi connectivity index (χ1n) is 7.00. The third-order valence-electron chi connectivity index (χ3n) is 3.05. The molecule has 0 fully saturated rings. The minimum Gasteiger partial charge on any atom is -0.401 e. The maximum absolute atomic E-state index is 11.8. The molecule has 0 saturated heterocycles. The smallest absolute Gasteiger partial charge is 0.401 e. The Balaban J connectivity index is 1.95. The number of carbonyl (C=O) groups excluding carboxylic acids is 1. The summed E-state index contributed by atoms with van der Waals surface area (Å²) in [5.74, 6) is -1.06. The van der Waals surface area contributed by atoms with Gasteiger partial charge in [0.25, 0.3) is 16.0 Å². The van der Waals surface area contributed by atoms with Crippen LogP contribution in [0.1, 0.15) is 21.7 Å². The van der Waals surface area contributed by atoms with Crippen LogP contribution in [0, 0.1) is 10.1 Å². The third-order valence-corrected chi connectivity index (χ3v) is 3.77. The van der Waals surface area contributed by atoms with Crippen molar-refractivity contribution in [1.29, 1.82) is 0 Å². The molecule has 0 saturated carbocycles. The monoisotopic (exact) mass is 366 g/mol. The summed E-state index contributed by atoms with van der Waals surface area (Å²) in [5.41, 5.74) is 1.05. The maximum Gasteiger partial charge on any atom is 0.433 e. The zero-order valence-electron chi connectivity index (χ0n) is 12.8. The second-order valence-electron chi connectivity index (χ2n) is 4.93. The van der Waals surface area contributed by atoms with Crippen molar-refractivity contribution in [2.45, 2.75) is 0 Å². The second kappa shape index (κ2) is 7.73. The van der Waals surface area contributed by atoms with E-state index in [1.54, 1.807) is 24.3 Å². The minimum absolute atomic E-state index is 0.198. The molecule has 2 rings (SSSR count). The number of nitrogens with one attached hydrogen (secondary N) is 1. The van der Waals surface area contributed by atoms with Crippen LogP contribution in [0.5, 0.6) is 0 Å². The lowest BCUT2D eigenvalue weighted by Crippen LogP contribution is -2.28. The predicted molar refractivity (Wildman–Crippen MR) is 89.5 cm³/mol. The number of hydrogen-bond acceptors (Lipinski definition) is 6. The molecule has 1 amide bonds. The minimum atomic E-state index is -4.12. The van der Waals surface area contributed by atoms with Crippen LogP contribution in [0.4, 0.5) is 5.88 Å². The van der Waals surface area contributed by atoms with Gasteiger partial charge in [0.1, 0.15) is 10.7 Å². The van der Waals surface area contributed by atoms with Crippen molar-refractivity contribution in [2.24, 2.45) is 0 Å². The topological polar surface area (TPSA) is 140 Å². The molecule has 0 spiro atoms. The Labute approximate surface area is 142 Å². The molecule has 0 unspecified atom stereocenters. The van der Waals surface area contributed by atoms with Gasteiger partial charge in [0, 0.05) is 12.1 Å². The SMILES string of the molecule is O=C(NCCS(=O)(=O)O)c1ccc(C=Cc2ccc([N+](=O)[O-])o2)cc1. The summed E-state index contributed by atoms with van der Waals surface area (Å²) in [6.07, 6.45) is 3.21. The molecule has 2 aromatic rings. The third kappa shape index (κ3) is 5.86. The highest BCUT2D eigenvalue weighted by Crippen LogP contribution is 2.18. The lowest BCUT2D eigenvalue weighted by molar-refractivity contribution is -0.402. The van der Waals surface area contributed by atoms with Gasteiger partial charge in [0.2, 0.25) is 0 Å². The fourth-order valence-corrected chi connectivity index (χ4v) is 2.21. The Morgan fingerprint density at radius 3 is 2.44 bits per heavy atom. The van der Waals surface area contributed by atoms with Crippen LogP contribution in [0.3, 0.4) is 0 Å². The molecule has 0 atom stereocenters. The fourth-order valence-electron chi connectivity index (χ4n) is 1.85. The van der Waals surface area contributed by atoms with Crippen molar-refractivity contribution in [2.75, 3.05) is 12.3 Å². The van der Waals surface area contributed by atoms with Crippen LogP contribution < -0.4 is 5.32 Å². The van der Waals surface area contributed by atoms with Crippen LogP contribution in [0.15, 0.2) is 40.8 Å². The van der Waals surface area contributed by atoms with E-state index in [9.17, 15) is 23.3 Å². The molecule has 1 aromatic heterocycles. The molecule has 0 bridgehead atoms. The van der Waals surface area contributed by atoms with Gasteiger partial charge < -0.3 is 9.73 Å². The fraction of sp³-hybridized carbons (Fsp3) is 0.133. The van der Waals surface area contributed by atoms with E-state index in [1.807, 2.05) is 0 Å². The summed E-state index contributed by atoms with van der Waals surface area (Å²) in [6.45, 7) is -0.198. The molecule has 25 heavy (non-hydrogen) atoms. The van der Waals surface area contributed by atoms with Gasteiger partial charge in [-0.3, -0.25) is 19.5 Å². The standard InChI is InChI=1S/C15H14N2O7S/c18-15(16-9-10-25(21,22)23)12-4-1-11(2-5-12)3-6-13-7-8-14(24-13)17(19)20/h1-8H,9-10H2,(H,16,18)(H,21,22,23). The number of amides is 1. The summed E-state index contributed by atoms with van der Waals surface area (Å²) in [4.78, 5) is 21.7. The van der Waals surface area contributed by atoms with E-state index in [0.717, 1.165) is 5.56 Å². The predicted octanol–water partition coefficient (Wildman–Crippen LogP) is 1.98. The lowest BCUT2D eigenvalue weighted by atomic mass is 10.1. The highest BCUT2D eigenvalue weighted by molar-refractivity contribution is 7.85. The first kappa shape index (κ1) is 18.4. The summed E-state index contributed by atoms with van der Waals surface area (Å²) in [5, 5.41) is 12.9. The van der Waals surface area contributed by atoms with E-state index in [-0.39, 0.29) is 12.4 Å². The highest BCUT2D eigenvalue weighted by atomic mass is 32.2. The van der Waals surface area contributed by atoms with E-state index >= 15 is 0 Å². The lowest BCUT2D eigenvalue weighted by Gasteiger charge is -2.04. The first-order chi connectivity index (χ1) is 11.7. The van der Waals surface area contributed by atoms with Gasteiger partial charge in [0.05, 0.1) is 11.8 Å². The molecule has 1 heterocycles. The van der Waals surface area contributed by atoms with Gasteiger partial charge in [-0.1, -0.05) is 18.2 Å². The van der Waals surface area contributed by atoms with E-state index < -0.39 is 26.7 Å². The highest BCUT2D eigenvalue weighted by Gasteiger charge is 2.10. The van der Waals surface area contributed by atoms with Gasteiger partial charge in [-0.05, 0) is 29.8 Å². The number of rotatable bonds is 7. The summed E-state index contributed by atoms with van der Waals surface area (Å²) < 4.78 is 34.7. The van der Waals surface area contributed by atoms with Gasteiger partial charge in [-0.2, -0.15) is 8.42 Å². The van der Waals surface area contributed by atoms with Gasteiger partial charge in [-0.25, -0.2) is 0 Å². The maximum atomic E-state index is 11.8. The molecule has 2 N–H and O–H groups in total. The molecule has 0 aliphatic carbocycles. The molecule has 10 heteroatoms. The van der Waals surface area contributed by atoms with Gasteiger partial charge in [0.15, 0.2) is 0 Å². The molecule has 9 nitrogen and oxygen atoms in total. The number of carbonyl (C=O) groups is 1. The second-order valence-corrected chi connectivity index (χ2v) is 6.50. The number of hydrogen-bond donors (Lipinski definition) is 2. The van der Waals surface area contributed by atoms with Crippen molar-refractivity contribution in [3.63, 3.8) is 0 Å². The molecule has 0 aliphatic rings. The van der Waals surface area contributed by atoms with Gasteiger partial charge in [-0.15, -0.1) is 0 Å². The average molecular weight is 366 g/mol. The summed E-state index contributed by atoms with van der Waals surface area (Å²) >= 11 is 0. The Kier molecular flexibility index (Phi) is 5.67. The number of nitrogens with zero attached hydrogens (tertiary/aromatic N) is 1. The summed E-state index contributed by atoms with van der Waals surface area (Å²) in [7, 11) is -4.12. The van der Waals surface area contributed by atoms with Crippen LogP contribution >= 0.6 is 0 Å². The van der Waals surface area contributed by atoms with E-state index in [2.05, 4.69) is 5.32 Å². The van der Waals surface area contributed by atoms with Gasteiger partial charge >= 0.3 is 5.88 Å². The summed E-state index contributed by atoms with van der Waals surface area (Å²) in [6, 6.07) is 9.07. The molecule has 132 valence electrons.